The number of carbonyl (C=O) groups is 2. The highest BCUT2D eigenvalue weighted by Gasteiger charge is 2.16. The summed E-state index contributed by atoms with van der Waals surface area (Å²) in [7, 11) is 3.16. The first kappa shape index (κ1) is 14.6. The topological polar surface area (TPSA) is 79.4 Å². The average molecular weight is 260 g/mol. The van der Waals surface area contributed by atoms with E-state index >= 15 is 0 Å². The maximum atomic E-state index is 12.0. The molecule has 99 valence electrons. The van der Waals surface area contributed by atoms with Crippen molar-refractivity contribution in [1.29, 1.82) is 0 Å². The van der Waals surface area contributed by atoms with Gasteiger partial charge < -0.3 is 10.2 Å². The van der Waals surface area contributed by atoms with Gasteiger partial charge in [0.2, 0.25) is 12.2 Å². The Morgan fingerprint density at radius 2 is 2.16 bits per heavy atom. The summed E-state index contributed by atoms with van der Waals surface area (Å²) in [6.45, 7) is -0.221. The number of carbonyl (C=O) groups excluding carboxylic acids is 3. The smallest absolute Gasteiger partial charge is 0.255 e. The van der Waals surface area contributed by atoms with Crippen molar-refractivity contribution in [3.05, 3.63) is 36.2 Å². The molecule has 19 heavy (non-hydrogen) atoms. The van der Waals surface area contributed by atoms with Crippen LogP contribution in [0.25, 0.3) is 5.57 Å². The van der Waals surface area contributed by atoms with E-state index in [9.17, 15) is 14.4 Å². The Hall–Kier alpha value is -2.50. The Balaban J connectivity index is 3.06. The molecular weight excluding hydrogens is 246 g/mol. The fraction of sp³-hybridized carbons (Fsp3) is 0.231. The van der Waals surface area contributed by atoms with Gasteiger partial charge in [-0.05, 0) is 12.1 Å². The Bertz CT molecular complexity index is 495. The van der Waals surface area contributed by atoms with Crippen molar-refractivity contribution in [3.63, 3.8) is 0 Å². The van der Waals surface area contributed by atoms with Gasteiger partial charge in [-0.1, -0.05) is 6.07 Å². The van der Waals surface area contributed by atoms with Gasteiger partial charge in [-0.3, -0.25) is 19.4 Å². The first-order chi connectivity index (χ1) is 9.06. The highest BCUT2D eigenvalue weighted by molar-refractivity contribution is 6.22. The van der Waals surface area contributed by atoms with Crippen molar-refractivity contribution in [2.75, 3.05) is 20.6 Å². The van der Waals surface area contributed by atoms with Crippen LogP contribution in [0.4, 0.5) is 0 Å². The second kappa shape index (κ2) is 7.05. The lowest BCUT2D eigenvalue weighted by atomic mass is 10.1. The Morgan fingerprint density at radius 3 is 2.68 bits per heavy atom. The summed E-state index contributed by atoms with van der Waals surface area (Å²) in [5.74, 6) is -0.886. The van der Waals surface area contributed by atoms with E-state index in [2.05, 4.69) is 10.3 Å². The maximum absolute atomic E-state index is 12.0. The number of likely N-dealkylation sites (N-methyl/N-ethyl adjacent to an activating group) is 1. The van der Waals surface area contributed by atoms with Crippen LogP contribution in [0.5, 0.6) is 0 Å². The van der Waals surface area contributed by atoms with E-state index in [0.717, 1.165) is 6.08 Å². The van der Waals surface area contributed by atoms with Gasteiger partial charge in [-0.25, -0.2) is 0 Å². The van der Waals surface area contributed by atoms with Crippen LogP contribution in [0.3, 0.4) is 0 Å². The molecule has 0 aliphatic heterocycles. The second-order valence-corrected chi connectivity index (χ2v) is 3.83. The molecule has 0 unspecified atom stereocenters. The van der Waals surface area contributed by atoms with E-state index in [0.29, 0.717) is 5.69 Å². The fourth-order valence-corrected chi connectivity index (χ4v) is 1.31. The van der Waals surface area contributed by atoms with Crippen LogP contribution in [0.1, 0.15) is 5.69 Å². The molecule has 0 fully saturated rings. The summed E-state index contributed by atoms with van der Waals surface area (Å²) in [4.78, 5) is 39.0. The van der Waals surface area contributed by atoms with E-state index in [1.165, 1.54) is 11.1 Å². The molecule has 2 amide bonds. The summed E-state index contributed by atoms with van der Waals surface area (Å²) < 4.78 is 0. The predicted octanol–water partition coefficient (Wildman–Crippen LogP) is -0.221. The standard InChI is InChI=1S/C13H14N3O3/c1-16(2)13(19)10(9-12(18)15-7-8-17)11-5-3-4-6-14-11/h3-6,9H,7H2,1-2H3,(H,15,18). The van der Waals surface area contributed by atoms with Crippen LogP contribution in [0.2, 0.25) is 0 Å². The third-order valence-corrected chi connectivity index (χ3v) is 2.19. The second-order valence-electron chi connectivity index (χ2n) is 3.83. The lowest BCUT2D eigenvalue weighted by molar-refractivity contribution is -0.123. The molecule has 0 aliphatic rings. The highest BCUT2D eigenvalue weighted by Crippen LogP contribution is 2.13. The van der Waals surface area contributed by atoms with Crippen molar-refractivity contribution >= 4 is 23.7 Å². The molecule has 0 bridgehead atoms. The van der Waals surface area contributed by atoms with Gasteiger partial charge >= 0.3 is 0 Å². The van der Waals surface area contributed by atoms with Gasteiger partial charge in [0.15, 0.2) is 0 Å². The molecule has 1 N–H and O–H groups in total. The highest BCUT2D eigenvalue weighted by atomic mass is 16.2. The normalized spacial score (nSPS) is 10.7. The molecule has 1 rings (SSSR count). The number of amides is 2. The molecule has 0 spiro atoms. The molecule has 0 aromatic carbocycles. The zero-order chi connectivity index (χ0) is 14.3. The van der Waals surface area contributed by atoms with Gasteiger partial charge in [-0.15, -0.1) is 0 Å². The van der Waals surface area contributed by atoms with Crippen molar-refractivity contribution in [2.45, 2.75) is 0 Å². The summed E-state index contributed by atoms with van der Waals surface area (Å²) in [6, 6.07) is 5.06. The Labute approximate surface area is 111 Å². The zero-order valence-electron chi connectivity index (χ0n) is 10.7. The molecule has 0 saturated heterocycles. The average Bonchev–Trinajstić information content (AvgIpc) is 2.42. The Morgan fingerprint density at radius 1 is 1.42 bits per heavy atom. The lowest BCUT2D eigenvalue weighted by Gasteiger charge is -2.13. The zero-order valence-corrected chi connectivity index (χ0v) is 10.7. The van der Waals surface area contributed by atoms with Crippen LogP contribution >= 0.6 is 0 Å². The maximum Gasteiger partial charge on any atom is 0.255 e. The minimum Gasteiger partial charge on any atom is -0.345 e. The number of aromatic nitrogens is 1. The van der Waals surface area contributed by atoms with Gasteiger partial charge in [-0.2, -0.15) is 0 Å². The molecule has 1 heterocycles. The van der Waals surface area contributed by atoms with Crippen LogP contribution in [-0.2, 0) is 14.4 Å². The SMILES string of the molecule is CN(C)C(=O)C(=CC(=O)NC[C]=O)c1ccccn1. The van der Waals surface area contributed by atoms with Crippen molar-refractivity contribution in [1.82, 2.24) is 15.2 Å². The molecule has 0 aliphatic carbocycles. The van der Waals surface area contributed by atoms with Gasteiger partial charge in [0.1, 0.15) is 0 Å². The quantitative estimate of drug-likeness (QED) is 0.742. The summed E-state index contributed by atoms with van der Waals surface area (Å²) in [5.41, 5.74) is 0.556. The third kappa shape index (κ3) is 4.34. The largest absolute Gasteiger partial charge is 0.345 e. The van der Waals surface area contributed by atoms with Crippen LogP contribution in [-0.4, -0.2) is 48.6 Å². The van der Waals surface area contributed by atoms with Gasteiger partial charge in [0, 0.05) is 26.4 Å². The van der Waals surface area contributed by atoms with Crippen molar-refractivity contribution in [3.8, 4) is 0 Å². The van der Waals surface area contributed by atoms with E-state index in [4.69, 9.17) is 0 Å². The molecule has 0 atom stereocenters. The van der Waals surface area contributed by atoms with E-state index in [1.54, 1.807) is 38.6 Å². The number of rotatable bonds is 5. The lowest BCUT2D eigenvalue weighted by Crippen LogP contribution is -2.27. The van der Waals surface area contributed by atoms with Gasteiger partial charge in [0.05, 0.1) is 17.8 Å². The number of nitrogens with zero attached hydrogens (tertiary/aromatic N) is 2. The minimum absolute atomic E-state index is 0.161. The molecule has 6 nitrogen and oxygen atoms in total. The summed E-state index contributed by atoms with van der Waals surface area (Å²) in [5, 5.41) is 2.29. The first-order valence-corrected chi connectivity index (χ1v) is 5.54. The van der Waals surface area contributed by atoms with Crippen LogP contribution in [0, 0.1) is 0 Å². The predicted molar refractivity (Wildman–Crippen MR) is 69.6 cm³/mol. The van der Waals surface area contributed by atoms with Crippen LogP contribution < -0.4 is 5.32 Å². The number of hydrogen-bond acceptors (Lipinski definition) is 4. The number of hydrogen-bond donors (Lipinski definition) is 1. The van der Waals surface area contributed by atoms with Crippen molar-refractivity contribution < 1.29 is 14.4 Å². The minimum atomic E-state index is -0.542. The Kier molecular flexibility index (Phi) is 5.40. The van der Waals surface area contributed by atoms with E-state index in [-0.39, 0.29) is 18.0 Å². The number of pyridine rings is 1. The molecule has 0 saturated carbocycles. The molecule has 6 heteroatoms. The van der Waals surface area contributed by atoms with E-state index in [1.807, 2.05) is 0 Å². The molecule has 1 aromatic rings. The van der Waals surface area contributed by atoms with Crippen LogP contribution in [0.15, 0.2) is 30.5 Å². The summed E-state index contributed by atoms with van der Waals surface area (Å²) >= 11 is 0. The van der Waals surface area contributed by atoms with E-state index < -0.39 is 5.91 Å². The van der Waals surface area contributed by atoms with Crippen molar-refractivity contribution in [2.24, 2.45) is 0 Å². The molecule has 1 radical (unpaired) electrons. The molecule has 1 aromatic heterocycles. The first-order valence-electron chi connectivity index (χ1n) is 5.54. The third-order valence-electron chi connectivity index (χ3n) is 2.19. The monoisotopic (exact) mass is 260 g/mol. The summed E-state index contributed by atoms with van der Waals surface area (Å²) in [6.07, 6.45) is 4.20. The fourth-order valence-electron chi connectivity index (χ4n) is 1.31. The molecular formula is C13H14N3O3. The van der Waals surface area contributed by atoms with Gasteiger partial charge in [0.25, 0.3) is 5.91 Å². The number of nitrogens with one attached hydrogen (secondary N) is 1.